The number of nitrogens with zero attached hydrogens (tertiary/aromatic N) is 3. The summed E-state index contributed by atoms with van der Waals surface area (Å²) in [5.41, 5.74) is 6.24. The van der Waals surface area contributed by atoms with Gasteiger partial charge in [-0.25, -0.2) is 17.8 Å². The van der Waals surface area contributed by atoms with E-state index in [4.69, 9.17) is 10.5 Å². The van der Waals surface area contributed by atoms with Crippen LogP contribution in [0.3, 0.4) is 0 Å². The number of ether oxygens (including phenoxy) is 1. The number of nitrogens with two attached hydrogens (primary N) is 1. The Morgan fingerprint density at radius 2 is 1.84 bits per heavy atom. The van der Waals surface area contributed by atoms with Crippen LogP contribution >= 0.6 is 0 Å². The molecule has 1 saturated heterocycles. The Bertz CT molecular complexity index is 1230. The monoisotopic (exact) mass is 442 g/mol. The number of sulfonamides is 1. The lowest BCUT2D eigenvalue weighted by Crippen LogP contribution is -2.41. The molecule has 1 aliphatic heterocycles. The summed E-state index contributed by atoms with van der Waals surface area (Å²) >= 11 is 0. The van der Waals surface area contributed by atoms with Crippen molar-refractivity contribution in [1.29, 1.82) is 0 Å². The van der Waals surface area contributed by atoms with Crippen LogP contribution in [-0.4, -0.2) is 55.3 Å². The van der Waals surface area contributed by atoms with Crippen LogP contribution in [0, 0.1) is 5.82 Å². The third-order valence-electron chi connectivity index (χ3n) is 4.92. The molecular weight excluding hydrogens is 423 g/mol. The van der Waals surface area contributed by atoms with Crippen LogP contribution in [0.25, 0.3) is 22.5 Å². The fraction of sp³-hybridized carbons (Fsp3) is 0.190. The maximum atomic E-state index is 14.2. The normalized spacial score (nSPS) is 15.0. The lowest BCUT2D eigenvalue weighted by atomic mass is 10.0. The third-order valence-corrected chi connectivity index (χ3v) is 6.73. The molecule has 1 fully saturated rings. The average molecular weight is 442 g/mol. The summed E-state index contributed by atoms with van der Waals surface area (Å²) in [5.74, 6) is -0.788. The van der Waals surface area contributed by atoms with Gasteiger partial charge >= 0.3 is 0 Å². The zero-order valence-electron chi connectivity index (χ0n) is 16.4. The number of aromatic nitrogens is 2. The van der Waals surface area contributed by atoms with Gasteiger partial charge in [-0.15, -0.1) is 0 Å². The van der Waals surface area contributed by atoms with Gasteiger partial charge in [0.2, 0.25) is 0 Å². The van der Waals surface area contributed by atoms with Gasteiger partial charge in [-0.1, -0.05) is 30.3 Å². The number of anilines is 1. The molecule has 4 rings (SSSR count). The fourth-order valence-corrected chi connectivity index (χ4v) is 4.80. The summed E-state index contributed by atoms with van der Waals surface area (Å²) in [4.78, 5) is 20.3. The van der Waals surface area contributed by atoms with Crippen LogP contribution < -0.4 is 5.73 Å². The molecule has 10 heteroatoms. The summed E-state index contributed by atoms with van der Waals surface area (Å²) in [6.07, 6.45) is 1.87. The molecule has 3 aromatic rings. The highest BCUT2D eigenvalue weighted by Gasteiger charge is 2.32. The highest BCUT2D eigenvalue weighted by atomic mass is 32.2. The molecule has 0 aliphatic carbocycles. The smallest absolute Gasteiger partial charge is 0.262 e. The van der Waals surface area contributed by atoms with Crippen molar-refractivity contribution in [3.05, 3.63) is 60.0 Å². The first-order valence-electron chi connectivity index (χ1n) is 9.46. The topological polar surface area (TPSA) is 115 Å². The van der Waals surface area contributed by atoms with Gasteiger partial charge in [0.15, 0.2) is 11.3 Å². The molecule has 0 bridgehead atoms. The average Bonchev–Trinajstić information content (AvgIpc) is 2.81. The number of benzene rings is 2. The maximum Gasteiger partial charge on any atom is 0.262 e. The van der Waals surface area contributed by atoms with Crippen molar-refractivity contribution in [2.45, 2.75) is 5.03 Å². The minimum Gasteiger partial charge on any atom is -0.396 e. The van der Waals surface area contributed by atoms with Gasteiger partial charge in [-0.2, -0.15) is 4.31 Å². The zero-order chi connectivity index (χ0) is 22.0. The van der Waals surface area contributed by atoms with Crippen molar-refractivity contribution in [3.8, 4) is 22.5 Å². The first kappa shape index (κ1) is 21.0. The number of aldehydes is 1. The molecule has 0 saturated carbocycles. The number of morpholine rings is 1. The predicted octanol–water partition coefficient (Wildman–Crippen LogP) is 2.37. The zero-order valence-corrected chi connectivity index (χ0v) is 17.2. The molecule has 8 nitrogen and oxygen atoms in total. The van der Waals surface area contributed by atoms with Crippen LogP contribution in [0.15, 0.2) is 53.7 Å². The number of carbonyl (C=O) groups is 1. The van der Waals surface area contributed by atoms with Crippen molar-refractivity contribution in [2.24, 2.45) is 0 Å². The van der Waals surface area contributed by atoms with E-state index in [-0.39, 0.29) is 53.8 Å². The van der Waals surface area contributed by atoms with Crippen LogP contribution in [0.5, 0.6) is 0 Å². The largest absolute Gasteiger partial charge is 0.396 e. The van der Waals surface area contributed by atoms with Crippen LogP contribution in [0.4, 0.5) is 10.1 Å². The van der Waals surface area contributed by atoms with Gasteiger partial charge < -0.3 is 10.5 Å². The van der Waals surface area contributed by atoms with Crippen molar-refractivity contribution in [2.75, 3.05) is 32.0 Å². The van der Waals surface area contributed by atoms with Gasteiger partial charge in [0, 0.05) is 29.8 Å². The Kier molecular flexibility index (Phi) is 5.77. The van der Waals surface area contributed by atoms with Crippen LogP contribution in [0.1, 0.15) is 10.4 Å². The van der Waals surface area contributed by atoms with E-state index in [9.17, 15) is 17.6 Å². The van der Waals surface area contributed by atoms with Crippen molar-refractivity contribution >= 4 is 22.0 Å². The first-order valence-corrected chi connectivity index (χ1v) is 10.9. The van der Waals surface area contributed by atoms with E-state index in [0.717, 1.165) is 12.1 Å². The van der Waals surface area contributed by atoms with E-state index in [1.54, 1.807) is 24.3 Å². The van der Waals surface area contributed by atoms with Crippen molar-refractivity contribution in [3.63, 3.8) is 0 Å². The standard InChI is InChI=1S/C21H19FN4O4S/c22-17-11-16(15(13-27)10-18(17)23)20-21(31(28,29)26-6-8-30-9-7-26)25-19(12-24-20)14-4-2-1-3-5-14/h1-5,10-13H,6-9,23H2. The molecule has 31 heavy (non-hydrogen) atoms. The summed E-state index contributed by atoms with van der Waals surface area (Å²) < 4.78 is 47.7. The SMILES string of the molecule is Nc1cc(C=O)c(-c2ncc(-c3ccccc3)nc2S(=O)(=O)N2CCOCC2)cc1F. The number of nitrogen functional groups attached to an aromatic ring is 1. The highest BCUT2D eigenvalue weighted by molar-refractivity contribution is 7.89. The number of carbonyl (C=O) groups excluding carboxylic acids is 1. The second-order valence-corrected chi connectivity index (χ2v) is 8.72. The molecule has 1 aliphatic rings. The maximum absolute atomic E-state index is 14.2. The molecule has 0 unspecified atom stereocenters. The van der Waals surface area contributed by atoms with Crippen molar-refractivity contribution < 1.29 is 22.3 Å². The van der Waals surface area contributed by atoms with E-state index in [2.05, 4.69) is 9.97 Å². The van der Waals surface area contributed by atoms with Crippen molar-refractivity contribution in [1.82, 2.24) is 14.3 Å². The first-order chi connectivity index (χ1) is 14.9. The Hall–Kier alpha value is -3.21. The Labute approximate surface area is 178 Å². The molecule has 2 aromatic carbocycles. The van der Waals surface area contributed by atoms with Gasteiger partial charge in [-0.3, -0.25) is 9.78 Å². The molecule has 0 amide bonds. The Balaban J connectivity index is 1.96. The molecule has 0 atom stereocenters. The summed E-state index contributed by atoms with van der Waals surface area (Å²) in [5, 5.41) is -0.358. The molecular formula is C21H19FN4O4S. The van der Waals surface area contributed by atoms with Gasteiger partial charge in [0.25, 0.3) is 10.0 Å². The number of halogens is 1. The van der Waals surface area contributed by atoms with E-state index < -0.39 is 15.8 Å². The number of hydrogen-bond acceptors (Lipinski definition) is 7. The predicted molar refractivity (Wildman–Crippen MR) is 112 cm³/mol. The second kappa shape index (κ2) is 8.50. The molecule has 2 N–H and O–H groups in total. The molecule has 1 aromatic heterocycles. The lowest BCUT2D eigenvalue weighted by Gasteiger charge is -2.26. The van der Waals surface area contributed by atoms with E-state index >= 15 is 0 Å². The van der Waals surface area contributed by atoms with Gasteiger partial charge in [0.05, 0.1) is 30.8 Å². The minimum absolute atomic E-state index is 0.000598. The Morgan fingerprint density at radius 3 is 2.52 bits per heavy atom. The quantitative estimate of drug-likeness (QED) is 0.476. The van der Waals surface area contributed by atoms with Gasteiger partial charge in [0.1, 0.15) is 11.5 Å². The lowest BCUT2D eigenvalue weighted by molar-refractivity contribution is 0.0729. The van der Waals surface area contributed by atoms with E-state index in [1.807, 2.05) is 6.07 Å². The number of rotatable bonds is 5. The van der Waals surface area contributed by atoms with Gasteiger partial charge in [-0.05, 0) is 12.1 Å². The molecule has 0 spiro atoms. The minimum atomic E-state index is -4.11. The Morgan fingerprint density at radius 1 is 1.13 bits per heavy atom. The third kappa shape index (κ3) is 4.05. The summed E-state index contributed by atoms with van der Waals surface area (Å²) in [6.45, 7) is 0.790. The molecule has 160 valence electrons. The highest BCUT2D eigenvalue weighted by Crippen LogP contribution is 2.32. The van der Waals surface area contributed by atoms with Crippen LogP contribution in [-0.2, 0) is 14.8 Å². The van der Waals surface area contributed by atoms with E-state index in [1.165, 1.54) is 10.5 Å². The van der Waals surface area contributed by atoms with Crippen LogP contribution in [0.2, 0.25) is 0 Å². The fourth-order valence-electron chi connectivity index (χ4n) is 3.30. The molecule has 0 radical (unpaired) electrons. The number of hydrogen-bond donors (Lipinski definition) is 1. The van der Waals surface area contributed by atoms with E-state index in [0.29, 0.717) is 17.5 Å². The summed E-state index contributed by atoms with van der Waals surface area (Å²) in [6, 6.07) is 11.1. The second-order valence-electron chi connectivity index (χ2n) is 6.87. The molecule has 2 heterocycles. The summed E-state index contributed by atoms with van der Waals surface area (Å²) in [7, 11) is -4.11.